The summed E-state index contributed by atoms with van der Waals surface area (Å²) in [6.07, 6.45) is 0. The Bertz CT molecular complexity index is 236. The van der Waals surface area contributed by atoms with Gasteiger partial charge in [0.1, 0.15) is 5.54 Å². The topological polar surface area (TPSA) is 62.7 Å². The standard InChI is InChI=1S/C8H15N3O2/c1-8(2)6(12)10-7(11-8)9-4-5-13-3/h4-5H2,1-3H3,(H2,9,10,11,12). The zero-order valence-corrected chi connectivity index (χ0v) is 8.18. The lowest BCUT2D eigenvalue weighted by molar-refractivity contribution is -0.122. The molecule has 0 bridgehead atoms. The Labute approximate surface area is 77.6 Å². The number of amides is 1. The van der Waals surface area contributed by atoms with E-state index < -0.39 is 5.54 Å². The number of methoxy groups -OCH3 is 1. The average Bonchev–Trinajstić information content (AvgIpc) is 2.27. The number of hydrogen-bond acceptors (Lipinski definition) is 3. The van der Waals surface area contributed by atoms with Crippen LogP contribution in [0, 0.1) is 0 Å². The number of guanidine groups is 1. The molecule has 0 unspecified atom stereocenters. The van der Waals surface area contributed by atoms with Gasteiger partial charge < -0.3 is 10.1 Å². The molecule has 5 heteroatoms. The molecule has 1 amide bonds. The minimum absolute atomic E-state index is 0.0522. The van der Waals surface area contributed by atoms with Crippen molar-refractivity contribution in [1.29, 1.82) is 0 Å². The molecule has 1 rings (SSSR count). The highest BCUT2D eigenvalue weighted by molar-refractivity contribution is 6.08. The van der Waals surface area contributed by atoms with Crippen molar-refractivity contribution in [1.82, 2.24) is 10.6 Å². The van der Waals surface area contributed by atoms with E-state index in [4.69, 9.17) is 4.74 Å². The van der Waals surface area contributed by atoms with Crippen molar-refractivity contribution in [2.75, 3.05) is 20.3 Å². The number of nitrogens with one attached hydrogen (secondary N) is 2. The predicted molar refractivity (Wildman–Crippen MR) is 49.5 cm³/mol. The van der Waals surface area contributed by atoms with E-state index in [1.165, 1.54) is 0 Å². The van der Waals surface area contributed by atoms with Gasteiger partial charge in [-0.3, -0.25) is 15.1 Å². The Morgan fingerprint density at radius 1 is 1.54 bits per heavy atom. The molecule has 5 nitrogen and oxygen atoms in total. The third-order valence-corrected chi connectivity index (χ3v) is 1.80. The molecule has 0 saturated carbocycles. The highest BCUT2D eigenvalue weighted by atomic mass is 16.5. The van der Waals surface area contributed by atoms with Crippen molar-refractivity contribution < 1.29 is 9.53 Å². The van der Waals surface area contributed by atoms with Crippen molar-refractivity contribution in [3.63, 3.8) is 0 Å². The van der Waals surface area contributed by atoms with Gasteiger partial charge in [0.25, 0.3) is 5.91 Å². The second-order valence-corrected chi connectivity index (χ2v) is 3.43. The lowest BCUT2D eigenvalue weighted by Crippen LogP contribution is -2.40. The first kappa shape index (κ1) is 9.98. The van der Waals surface area contributed by atoms with E-state index in [1.807, 2.05) is 0 Å². The highest BCUT2D eigenvalue weighted by Gasteiger charge is 2.35. The second-order valence-electron chi connectivity index (χ2n) is 3.43. The number of aliphatic imine (C=N–C) groups is 1. The summed E-state index contributed by atoms with van der Waals surface area (Å²) in [7, 11) is 1.62. The third kappa shape index (κ3) is 2.42. The van der Waals surface area contributed by atoms with E-state index in [9.17, 15) is 4.79 Å². The number of hydrogen-bond donors (Lipinski definition) is 2. The fourth-order valence-corrected chi connectivity index (χ4v) is 0.976. The normalized spacial score (nSPS) is 23.0. The van der Waals surface area contributed by atoms with Crippen LogP contribution in [0.1, 0.15) is 13.8 Å². The molecule has 0 aromatic rings. The first-order valence-corrected chi connectivity index (χ1v) is 4.19. The molecule has 1 fully saturated rings. The number of nitrogens with zero attached hydrogens (tertiary/aromatic N) is 1. The maximum absolute atomic E-state index is 11.3. The number of rotatable bonds is 3. The molecule has 0 atom stereocenters. The summed E-state index contributed by atoms with van der Waals surface area (Å²) in [5, 5.41) is 5.62. The Morgan fingerprint density at radius 3 is 2.69 bits per heavy atom. The van der Waals surface area contributed by atoms with Gasteiger partial charge in [-0.2, -0.15) is 0 Å². The first-order valence-electron chi connectivity index (χ1n) is 4.19. The zero-order chi connectivity index (χ0) is 9.90. The maximum Gasteiger partial charge on any atom is 0.251 e. The van der Waals surface area contributed by atoms with Gasteiger partial charge in [0.05, 0.1) is 13.2 Å². The van der Waals surface area contributed by atoms with Crippen LogP contribution in [0.15, 0.2) is 4.99 Å². The van der Waals surface area contributed by atoms with Crippen LogP contribution in [0.2, 0.25) is 0 Å². The van der Waals surface area contributed by atoms with Crippen LogP contribution in [-0.4, -0.2) is 37.7 Å². The van der Waals surface area contributed by atoms with E-state index in [0.29, 0.717) is 19.1 Å². The molecule has 1 saturated heterocycles. The summed E-state index contributed by atoms with van der Waals surface area (Å²) in [4.78, 5) is 15.4. The predicted octanol–water partition coefficient (Wildman–Crippen LogP) is -0.513. The number of carbonyl (C=O) groups is 1. The minimum Gasteiger partial charge on any atom is -0.383 e. The average molecular weight is 185 g/mol. The Hall–Kier alpha value is -1.10. The Balaban J connectivity index is 2.48. The number of ether oxygens (including phenoxy) is 1. The van der Waals surface area contributed by atoms with Crippen molar-refractivity contribution in [2.45, 2.75) is 19.4 Å². The molecule has 1 heterocycles. The summed E-state index contributed by atoms with van der Waals surface area (Å²) >= 11 is 0. The van der Waals surface area contributed by atoms with Gasteiger partial charge in [0.2, 0.25) is 0 Å². The highest BCUT2D eigenvalue weighted by Crippen LogP contribution is 2.06. The first-order chi connectivity index (χ1) is 6.06. The van der Waals surface area contributed by atoms with Crippen molar-refractivity contribution in [3.8, 4) is 0 Å². The van der Waals surface area contributed by atoms with E-state index in [0.717, 1.165) is 0 Å². The van der Waals surface area contributed by atoms with Gasteiger partial charge in [-0.05, 0) is 13.8 Å². The summed E-state index contributed by atoms with van der Waals surface area (Å²) in [5.41, 5.74) is -0.550. The maximum atomic E-state index is 11.3. The molecule has 13 heavy (non-hydrogen) atoms. The van der Waals surface area contributed by atoms with Crippen LogP contribution >= 0.6 is 0 Å². The molecule has 0 radical (unpaired) electrons. The van der Waals surface area contributed by atoms with Crippen LogP contribution in [0.25, 0.3) is 0 Å². The SMILES string of the molecule is COCCN=C1NC(=O)C(C)(C)N1. The molecular weight excluding hydrogens is 170 g/mol. The quantitative estimate of drug-likeness (QED) is 0.582. The van der Waals surface area contributed by atoms with Crippen LogP contribution in [0.5, 0.6) is 0 Å². The smallest absolute Gasteiger partial charge is 0.251 e. The molecule has 1 aliphatic rings. The van der Waals surface area contributed by atoms with E-state index in [-0.39, 0.29) is 5.91 Å². The molecule has 74 valence electrons. The van der Waals surface area contributed by atoms with Gasteiger partial charge in [-0.15, -0.1) is 0 Å². The summed E-state index contributed by atoms with van der Waals surface area (Å²) in [5.74, 6) is 0.482. The van der Waals surface area contributed by atoms with E-state index in [2.05, 4.69) is 15.6 Å². The fraction of sp³-hybridized carbons (Fsp3) is 0.750. The van der Waals surface area contributed by atoms with Crippen molar-refractivity contribution in [3.05, 3.63) is 0 Å². The van der Waals surface area contributed by atoms with Crippen LogP contribution in [-0.2, 0) is 9.53 Å². The van der Waals surface area contributed by atoms with Crippen molar-refractivity contribution >= 4 is 11.9 Å². The van der Waals surface area contributed by atoms with Crippen LogP contribution in [0.3, 0.4) is 0 Å². The Kier molecular flexibility index (Phi) is 2.87. The number of carbonyl (C=O) groups excluding carboxylic acids is 1. The van der Waals surface area contributed by atoms with Gasteiger partial charge in [0.15, 0.2) is 5.96 Å². The summed E-state index contributed by atoms with van der Waals surface area (Å²) in [6.45, 7) is 4.72. The lowest BCUT2D eigenvalue weighted by atomic mass is 10.1. The minimum atomic E-state index is -0.550. The molecular formula is C8H15N3O2. The van der Waals surface area contributed by atoms with E-state index >= 15 is 0 Å². The van der Waals surface area contributed by atoms with E-state index in [1.54, 1.807) is 21.0 Å². The summed E-state index contributed by atoms with van der Waals surface area (Å²) in [6, 6.07) is 0. The third-order valence-electron chi connectivity index (χ3n) is 1.80. The summed E-state index contributed by atoms with van der Waals surface area (Å²) < 4.78 is 4.83. The molecule has 2 N–H and O–H groups in total. The Morgan fingerprint density at radius 2 is 2.23 bits per heavy atom. The second kappa shape index (κ2) is 3.74. The molecule has 1 aliphatic heterocycles. The van der Waals surface area contributed by atoms with Crippen LogP contribution in [0.4, 0.5) is 0 Å². The monoisotopic (exact) mass is 185 g/mol. The molecule has 0 aromatic carbocycles. The molecule has 0 aliphatic carbocycles. The lowest BCUT2D eigenvalue weighted by Gasteiger charge is -2.12. The molecule has 0 aromatic heterocycles. The van der Waals surface area contributed by atoms with Gasteiger partial charge in [-0.25, -0.2) is 0 Å². The largest absolute Gasteiger partial charge is 0.383 e. The zero-order valence-electron chi connectivity index (χ0n) is 8.18. The van der Waals surface area contributed by atoms with Gasteiger partial charge >= 0.3 is 0 Å². The van der Waals surface area contributed by atoms with Crippen molar-refractivity contribution in [2.24, 2.45) is 4.99 Å². The fourth-order valence-electron chi connectivity index (χ4n) is 0.976. The van der Waals surface area contributed by atoms with Gasteiger partial charge in [0, 0.05) is 7.11 Å². The molecule has 0 spiro atoms. The van der Waals surface area contributed by atoms with Crippen LogP contribution < -0.4 is 10.6 Å². The van der Waals surface area contributed by atoms with Gasteiger partial charge in [-0.1, -0.05) is 0 Å².